The number of nitrogens with zero attached hydrogens (tertiary/aromatic N) is 3. The van der Waals surface area contributed by atoms with Gasteiger partial charge in [-0.15, -0.1) is 0 Å². The third-order valence-electron chi connectivity index (χ3n) is 3.23. The van der Waals surface area contributed by atoms with Crippen LogP contribution < -0.4 is 15.8 Å². The first-order chi connectivity index (χ1) is 9.70. The standard InChI is InChI=1S/C14H22N4O2/c1-3-15-9-12(2)11-18-14(19)8-13(10-16-18)17-4-6-20-7-5-17/h8,10,15H,2-7,9,11H2,1H3. The fourth-order valence-corrected chi connectivity index (χ4v) is 2.11. The molecular weight excluding hydrogens is 256 g/mol. The fraction of sp³-hybridized carbons (Fsp3) is 0.571. The van der Waals surface area contributed by atoms with E-state index in [1.165, 1.54) is 4.68 Å². The van der Waals surface area contributed by atoms with Crippen LogP contribution in [-0.2, 0) is 11.3 Å². The van der Waals surface area contributed by atoms with E-state index in [4.69, 9.17) is 4.74 Å². The number of anilines is 1. The van der Waals surface area contributed by atoms with Gasteiger partial charge < -0.3 is 15.0 Å². The maximum Gasteiger partial charge on any atom is 0.269 e. The highest BCUT2D eigenvalue weighted by molar-refractivity contribution is 5.43. The van der Waals surface area contributed by atoms with Gasteiger partial charge in [0.05, 0.1) is 31.6 Å². The number of likely N-dealkylation sites (N-methyl/N-ethyl adjacent to an activating group) is 1. The van der Waals surface area contributed by atoms with Gasteiger partial charge in [0.2, 0.25) is 0 Å². The minimum Gasteiger partial charge on any atom is -0.378 e. The van der Waals surface area contributed by atoms with Crippen molar-refractivity contribution in [3.63, 3.8) is 0 Å². The molecule has 0 amide bonds. The van der Waals surface area contributed by atoms with Gasteiger partial charge in [-0.1, -0.05) is 13.5 Å². The van der Waals surface area contributed by atoms with Crippen molar-refractivity contribution in [1.82, 2.24) is 15.1 Å². The van der Waals surface area contributed by atoms with Gasteiger partial charge in [-0.05, 0) is 12.1 Å². The van der Waals surface area contributed by atoms with Gasteiger partial charge in [-0.2, -0.15) is 5.10 Å². The Hall–Kier alpha value is -1.66. The molecule has 6 nitrogen and oxygen atoms in total. The molecular formula is C14H22N4O2. The van der Waals surface area contributed by atoms with Gasteiger partial charge in [-0.3, -0.25) is 4.79 Å². The molecule has 1 aromatic heterocycles. The predicted octanol–water partition coefficient (Wildman–Crippen LogP) is 0.246. The summed E-state index contributed by atoms with van der Waals surface area (Å²) in [5.74, 6) is 0. The lowest BCUT2D eigenvalue weighted by atomic mass is 10.3. The monoisotopic (exact) mass is 278 g/mol. The molecule has 1 aliphatic rings. The van der Waals surface area contributed by atoms with Crippen LogP contribution in [-0.4, -0.2) is 49.2 Å². The first-order valence-corrected chi connectivity index (χ1v) is 6.98. The predicted molar refractivity (Wildman–Crippen MR) is 79.2 cm³/mol. The van der Waals surface area contributed by atoms with Crippen LogP contribution >= 0.6 is 0 Å². The number of hydrogen-bond donors (Lipinski definition) is 1. The Morgan fingerprint density at radius 3 is 2.90 bits per heavy atom. The summed E-state index contributed by atoms with van der Waals surface area (Å²) >= 11 is 0. The molecule has 110 valence electrons. The summed E-state index contributed by atoms with van der Waals surface area (Å²) in [6, 6.07) is 1.64. The molecule has 1 aromatic rings. The van der Waals surface area contributed by atoms with E-state index in [9.17, 15) is 4.79 Å². The zero-order valence-corrected chi connectivity index (χ0v) is 12.0. The van der Waals surface area contributed by atoms with Crippen molar-refractivity contribution in [2.45, 2.75) is 13.5 Å². The van der Waals surface area contributed by atoms with Crippen LogP contribution in [0.5, 0.6) is 0 Å². The molecule has 1 saturated heterocycles. The first kappa shape index (κ1) is 14.7. The van der Waals surface area contributed by atoms with Crippen LogP contribution in [0.3, 0.4) is 0 Å². The Labute approximate surface area is 119 Å². The summed E-state index contributed by atoms with van der Waals surface area (Å²) in [5, 5.41) is 7.42. The van der Waals surface area contributed by atoms with Gasteiger partial charge in [-0.25, -0.2) is 4.68 Å². The van der Waals surface area contributed by atoms with Crippen molar-refractivity contribution in [3.05, 3.63) is 34.8 Å². The Bertz CT molecular complexity index is 506. The maximum absolute atomic E-state index is 12.1. The highest BCUT2D eigenvalue weighted by Crippen LogP contribution is 2.11. The molecule has 0 atom stereocenters. The van der Waals surface area contributed by atoms with Gasteiger partial charge in [0.25, 0.3) is 5.56 Å². The molecule has 1 aliphatic heterocycles. The molecule has 0 spiro atoms. The normalized spacial score (nSPS) is 15.3. The van der Waals surface area contributed by atoms with Gasteiger partial charge in [0.1, 0.15) is 0 Å². The molecule has 1 fully saturated rings. The van der Waals surface area contributed by atoms with Gasteiger partial charge in [0, 0.05) is 25.7 Å². The van der Waals surface area contributed by atoms with E-state index in [2.05, 4.69) is 21.9 Å². The van der Waals surface area contributed by atoms with Crippen molar-refractivity contribution < 1.29 is 4.74 Å². The Morgan fingerprint density at radius 2 is 2.25 bits per heavy atom. The van der Waals surface area contributed by atoms with E-state index in [0.717, 1.165) is 30.9 Å². The Balaban J connectivity index is 2.02. The van der Waals surface area contributed by atoms with Crippen LogP contribution in [0.15, 0.2) is 29.2 Å². The average molecular weight is 278 g/mol. The van der Waals surface area contributed by atoms with Crippen molar-refractivity contribution in [2.24, 2.45) is 0 Å². The molecule has 0 radical (unpaired) electrons. The van der Waals surface area contributed by atoms with E-state index in [1.807, 2.05) is 6.92 Å². The number of ether oxygens (including phenoxy) is 1. The lowest BCUT2D eigenvalue weighted by molar-refractivity contribution is 0.122. The summed E-state index contributed by atoms with van der Waals surface area (Å²) in [6.07, 6.45) is 1.74. The summed E-state index contributed by atoms with van der Waals surface area (Å²) < 4.78 is 6.75. The van der Waals surface area contributed by atoms with E-state index in [1.54, 1.807) is 12.3 Å². The van der Waals surface area contributed by atoms with E-state index in [0.29, 0.717) is 26.3 Å². The van der Waals surface area contributed by atoms with Crippen molar-refractivity contribution in [1.29, 1.82) is 0 Å². The van der Waals surface area contributed by atoms with Crippen molar-refractivity contribution in [2.75, 3.05) is 44.3 Å². The molecule has 0 bridgehead atoms. The number of morpholine rings is 1. The van der Waals surface area contributed by atoms with Crippen LogP contribution in [0.25, 0.3) is 0 Å². The Morgan fingerprint density at radius 1 is 1.50 bits per heavy atom. The first-order valence-electron chi connectivity index (χ1n) is 6.98. The van der Waals surface area contributed by atoms with Crippen molar-refractivity contribution >= 4 is 5.69 Å². The average Bonchev–Trinajstić information content (AvgIpc) is 2.48. The smallest absolute Gasteiger partial charge is 0.269 e. The third-order valence-corrected chi connectivity index (χ3v) is 3.23. The highest BCUT2D eigenvalue weighted by atomic mass is 16.5. The van der Waals surface area contributed by atoms with E-state index < -0.39 is 0 Å². The topological polar surface area (TPSA) is 59.4 Å². The zero-order chi connectivity index (χ0) is 14.4. The summed E-state index contributed by atoms with van der Waals surface area (Å²) in [7, 11) is 0. The number of rotatable bonds is 6. The lowest BCUT2D eigenvalue weighted by Crippen LogP contribution is -2.37. The number of hydrogen-bond acceptors (Lipinski definition) is 5. The second-order valence-corrected chi connectivity index (χ2v) is 4.84. The summed E-state index contributed by atoms with van der Waals surface area (Å²) in [6.45, 7) is 11.0. The third kappa shape index (κ3) is 3.91. The summed E-state index contributed by atoms with van der Waals surface area (Å²) in [4.78, 5) is 14.2. The minimum absolute atomic E-state index is 0.0911. The molecule has 0 saturated carbocycles. The largest absolute Gasteiger partial charge is 0.378 e. The van der Waals surface area contributed by atoms with Crippen LogP contribution in [0, 0.1) is 0 Å². The molecule has 0 aromatic carbocycles. The number of nitrogens with one attached hydrogen (secondary N) is 1. The lowest BCUT2D eigenvalue weighted by Gasteiger charge is -2.28. The molecule has 2 heterocycles. The molecule has 1 N–H and O–H groups in total. The van der Waals surface area contributed by atoms with Gasteiger partial charge >= 0.3 is 0 Å². The van der Waals surface area contributed by atoms with E-state index in [-0.39, 0.29) is 5.56 Å². The summed E-state index contributed by atoms with van der Waals surface area (Å²) in [5.41, 5.74) is 1.72. The second-order valence-electron chi connectivity index (χ2n) is 4.84. The molecule has 0 aliphatic carbocycles. The van der Waals surface area contributed by atoms with Gasteiger partial charge in [0.15, 0.2) is 0 Å². The van der Waals surface area contributed by atoms with Crippen LogP contribution in [0.2, 0.25) is 0 Å². The highest BCUT2D eigenvalue weighted by Gasteiger charge is 2.12. The fourth-order valence-electron chi connectivity index (χ4n) is 2.11. The van der Waals surface area contributed by atoms with E-state index >= 15 is 0 Å². The van der Waals surface area contributed by atoms with Crippen molar-refractivity contribution in [3.8, 4) is 0 Å². The zero-order valence-electron chi connectivity index (χ0n) is 12.0. The van der Waals surface area contributed by atoms with Crippen LogP contribution in [0.1, 0.15) is 6.92 Å². The quantitative estimate of drug-likeness (QED) is 0.756. The maximum atomic E-state index is 12.1. The minimum atomic E-state index is -0.0911. The molecule has 6 heteroatoms. The Kier molecular flexibility index (Phi) is 5.31. The molecule has 2 rings (SSSR count). The number of aromatic nitrogens is 2. The van der Waals surface area contributed by atoms with Crippen LogP contribution in [0.4, 0.5) is 5.69 Å². The molecule has 20 heavy (non-hydrogen) atoms. The SMILES string of the molecule is C=C(CNCC)Cn1ncc(N2CCOCC2)cc1=O. The second kappa shape index (κ2) is 7.21. The molecule has 0 unspecified atom stereocenters.